The van der Waals surface area contributed by atoms with Crippen molar-refractivity contribution in [3.8, 4) is 23.1 Å². The zero-order valence-electron chi connectivity index (χ0n) is 14.9. The van der Waals surface area contributed by atoms with Crippen LogP contribution in [0.3, 0.4) is 0 Å². The molecule has 3 aromatic rings. The normalized spacial score (nSPS) is 9.96. The number of amides is 1. The van der Waals surface area contributed by atoms with Gasteiger partial charge in [0.1, 0.15) is 6.61 Å². The molecule has 2 aromatic carbocycles. The molecule has 0 aliphatic heterocycles. The maximum atomic E-state index is 11.6. The Balaban J connectivity index is 1.48. The Bertz CT molecular complexity index is 970. The van der Waals surface area contributed by atoms with Crippen molar-refractivity contribution < 1.29 is 9.53 Å². The fourth-order valence-electron chi connectivity index (χ4n) is 2.43. The van der Waals surface area contributed by atoms with Crippen molar-refractivity contribution in [2.45, 2.75) is 13.5 Å². The number of carbonyl (C=O) groups is 1. The lowest BCUT2D eigenvalue weighted by atomic mass is 10.1. The van der Waals surface area contributed by atoms with Gasteiger partial charge in [-0.15, -0.1) is 11.3 Å². The van der Waals surface area contributed by atoms with E-state index in [4.69, 9.17) is 10.5 Å². The van der Waals surface area contributed by atoms with Crippen molar-refractivity contribution >= 4 is 22.6 Å². The van der Waals surface area contributed by atoms with Gasteiger partial charge in [0.25, 0.3) is 0 Å². The zero-order chi connectivity index (χ0) is 19.1. The van der Waals surface area contributed by atoms with Gasteiger partial charge in [-0.3, -0.25) is 0 Å². The molecule has 136 valence electrons. The van der Waals surface area contributed by atoms with Crippen LogP contribution >= 0.6 is 11.3 Å². The summed E-state index contributed by atoms with van der Waals surface area (Å²) in [6, 6.07) is 17.3. The topological polar surface area (TPSA) is 77.2 Å². The molecule has 6 heteroatoms. The fraction of sp³-hybridized carbons (Fsp3) is 0.143. The number of ether oxygens (including phenoxy) is 1. The number of hydrogen-bond donors (Lipinski definition) is 2. The van der Waals surface area contributed by atoms with Crippen LogP contribution < -0.4 is 11.1 Å². The highest BCUT2D eigenvalue weighted by Crippen LogP contribution is 2.28. The smallest absolute Gasteiger partial charge is 0.408 e. The first kappa shape index (κ1) is 18.5. The van der Waals surface area contributed by atoms with Crippen molar-refractivity contribution in [3.63, 3.8) is 0 Å². The third-order valence-electron chi connectivity index (χ3n) is 3.74. The molecule has 0 spiro atoms. The highest BCUT2D eigenvalue weighted by molar-refractivity contribution is 7.15. The number of alkyl carbamates (subject to hydrolysis) is 1. The molecule has 0 radical (unpaired) electrons. The van der Waals surface area contributed by atoms with E-state index in [1.807, 2.05) is 61.5 Å². The summed E-state index contributed by atoms with van der Waals surface area (Å²) in [4.78, 5) is 17.1. The van der Waals surface area contributed by atoms with Crippen LogP contribution in [0, 0.1) is 18.8 Å². The minimum Gasteiger partial charge on any atom is -0.445 e. The monoisotopic (exact) mass is 377 g/mol. The number of nitrogens with one attached hydrogen (secondary N) is 1. The Morgan fingerprint density at radius 1 is 1.19 bits per heavy atom. The lowest BCUT2D eigenvalue weighted by molar-refractivity contribution is 0.141. The number of rotatable bonds is 4. The van der Waals surface area contributed by atoms with Gasteiger partial charge in [-0.2, -0.15) is 0 Å². The van der Waals surface area contributed by atoms with Gasteiger partial charge in [0.2, 0.25) is 0 Å². The largest absolute Gasteiger partial charge is 0.445 e. The standard InChI is InChI=1S/C21H19N3O2S/c1-15-19(24-20(22)27-15)18-11-9-16(10-12-18)8-5-13-23-21(25)26-14-17-6-3-2-4-7-17/h2-4,6-7,9-12H,13-14H2,1H3,(H2,22,24)(H,23,25). The summed E-state index contributed by atoms with van der Waals surface area (Å²) in [6.45, 7) is 2.46. The number of thiazole rings is 1. The second kappa shape index (κ2) is 8.88. The Labute approximate surface area is 162 Å². The molecule has 0 saturated heterocycles. The zero-order valence-corrected chi connectivity index (χ0v) is 15.7. The van der Waals surface area contributed by atoms with Crippen LogP contribution in [-0.4, -0.2) is 17.6 Å². The number of nitrogens with zero attached hydrogens (tertiary/aromatic N) is 1. The Morgan fingerprint density at radius 2 is 1.93 bits per heavy atom. The predicted molar refractivity (Wildman–Crippen MR) is 108 cm³/mol. The van der Waals surface area contributed by atoms with E-state index in [0.29, 0.717) is 5.13 Å². The van der Waals surface area contributed by atoms with E-state index < -0.39 is 6.09 Å². The van der Waals surface area contributed by atoms with Crippen LogP contribution in [-0.2, 0) is 11.3 Å². The summed E-state index contributed by atoms with van der Waals surface area (Å²) in [5.41, 5.74) is 9.46. The molecule has 0 bridgehead atoms. The molecule has 3 N–H and O–H groups in total. The van der Waals surface area contributed by atoms with Crippen molar-refractivity contribution in [2.24, 2.45) is 0 Å². The van der Waals surface area contributed by atoms with Crippen LogP contribution in [0.5, 0.6) is 0 Å². The second-order valence-corrected chi connectivity index (χ2v) is 6.99. The lowest BCUT2D eigenvalue weighted by Gasteiger charge is -2.04. The fourth-order valence-corrected chi connectivity index (χ4v) is 3.14. The van der Waals surface area contributed by atoms with E-state index in [2.05, 4.69) is 22.1 Å². The number of hydrogen-bond acceptors (Lipinski definition) is 5. The van der Waals surface area contributed by atoms with Crippen LogP contribution in [0.1, 0.15) is 16.0 Å². The van der Waals surface area contributed by atoms with E-state index in [9.17, 15) is 4.79 Å². The maximum Gasteiger partial charge on any atom is 0.408 e. The highest BCUT2D eigenvalue weighted by atomic mass is 32.1. The SMILES string of the molecule is Cc1sc(N)nc1-c1ccc(C#CCNC(=O)OCc2ccccc2)cc1. The summed E-state index contributed by atoms with van der Waals surface area (Å²) >= 11 is 1.48. The number of anilines is 1. The van der Waals surface area contributed by atoms with E-state index in [1.54, 1.807) is 0 Å². The number of nitrogen functional groups attached to an aromatic ring is 1. The molecule has 3 rings (SSSR count). The van der Waals surface area contributed by atoms with E-state index in [-0.39, 0.29) is 13.2 Å². The van der Waals surface area contributed by atoms with Gasteiger partial charge >= 0.3 is 6.09 Å². The lowest BCUT2D eigenvalue weighted by Crippen LogP contribution is -2.24. The number of aryl methyl sites for hydroxylation is 1. The molecule has 0 aliphatic rings. The molecule has 1 heterocycles. The van der Waals surface area contributed by atoms with Crippen LogP contribution in [0.25, 0.3) is 11.3 Å². The van der Waals surface area contributed by atoms with Gasteiger partial charge in [-0.1, -0.05) is 54.3 Å². The number of aromatic nitrogens is 1. The summed E-state index contributed by atoms with van der Waals surface area (Å²) in [6.07, 6.45) is -0.486. The van der Waals surface area contributed by atoms with Crippen molar-refractivity contribution in [1.82, 2.24) is 10.3 Å². The van der Waals surface area contributed by atoms with Crippen LogP contribution in [0.2, 0.25) is 0 Å². The summed E-state index contributed by atoms with van der Waals surface area (Å²) in [7, 11) is 0. The molecule has 0 unspecified atom stereocenters. The van der Waals surface area contributed by atoms with Gasteiger partial charge in [-0.05, 0) is 24.6 Å². The molecule has 0 aliphatic carbocycles. The minimum absolute atomic E-state index is 0.219. The van der Waals surface area contributed by atoms with Gasteiger partial charge in [0.15, 0.2) is 5.13 Å². The number of benzene rings is 2. The quantitative estimate of drug-likeness (QED) is 0.674. The average Bonchev–Trinajstić information content (AvgIpc) is 3.03. The molecule has 5 nitrogen and oxygen atoms in total. The second-order valence-electron chi connectivity index (χ2n) is 5.75. The van der Waals surface area contributed by atoms with Crippen LogP contribution in [0.15, 0.2) is 54.6 Å². The Hall–Kier alpha value is -3.30. The Morgan fingerprint density at radius 3 is 2.59 bits per heavy atom. The first-order chi connectivity index (χ1) is 13.1. The number of carbonyl (C=O) groups excluding carboxylic acids is 1. The highest BCUT2D eigenvalue weighted by Gasteiger charge is 2.07. The van der Waals surface area contributed by atoms with E-state index in [0.717, 1.165) is 27.3 Å². The third kappa shape index (κ3) is 5.33. The summed E-state index contributed by atoms with van der Waals surface area (Å²) in [5.74, 6) is 5.92. The molecule has 0 fully saturated rings. The summed E-state index contributed by atoms with van der Waals surface area (Å²) < 4.78 is 5.12. The Kier molecular flexibility index (Phi) is 6.08. The van der Waals surface area contributed by atoms with Crippen molar-refractivity contribution in [2.75, 3.05) is 12.3 Å². The molecular weight excluding hydrogens is 358 g/mol. The number of nitrogens with two attached hydrogens (primary N) is 1. The van der Waals surface area contributed by atoms with Gasteiger partial charge < -0.3 is 15.8 Å². The van der Waals surface area contributed by atoms with Gasteiger partial charge in [0.05, 0.1) is 12.2 Å². The van der Waals surface area contributed by atoms with E-state index in [1.165, 1.54) is 11.3 Å². The first-order valence-electron chi connectivity index (χ1n) is 8.38. The first-order valence-corrected chi connectivity index (χ1v) is 9.20. The molecule has 1 aromatic heterocycles. The molecule has 0 atom stereocenters. The van der Waals surface area contributed by atoms with Gasteiger partial charge in [-0.25, -0.2) is 9.78 Å². The van der Waals surface area contributed by atoms with Gasteiger partial charge in [0, 0.05) is 16.0 Å². The molecule has 27 heavy (non-hydrogen) atoms. The minimum atomic E-state index is -0.486. The van der Waals surface area contributed by atoms with Crippen molar-refractivity contribution in [1.29, 1.82) is 0 Å². The third-order valence-corrected chi connectivity index (χ3v) is 4.54. The molecule has 0 saturated carbocycles. The molecular formula is C21H19N3O2S. The summed E-state index contributed by atoms with van der Waals surface area (Å²) in [5, 5.41) is 3.18. The van der Waals surface area contributed by atoms with Crippen LogP contribution in [0.4, 0.5) is 9.93 Å². The van der Waals surface area contributed by atoms with E-state index >= 15 is 0 Å². The predicted octanol–water partition coefficient (Wildman–Crippen LogP) is 3.98. The average molecular weight is 377 g/mol. The molecule has 1 amide bonds. The van der Waals surface area contributed by atoms with Crippen molar-refractivity contribution in [3.05, 3.63) is 70.6 Å². The maximum absolute atomic E-state index is 11.6.